The van der Waals surface area contributed by atoms with Crippen LogP contribution in [0.2, 0.25) is 0 Å². The van der Waals surface area contributed by atoms with Crippen LogP contribution in [0, 0.1) is 0 Å². The van der Waals surface area contributed by atoms with Gasteiger partial charge in [0.05, 0.1) is 6.42 Å². The summed E-state index contributed by atoms with van der Waals surface area (Å²) in [6.07, 6.45) is 7.15. The lowest BCUT2D eigenvalue weighted by atomic mass is 10.2. The Morgan fingerprint density at radius 2 is 1.71 bits per heavy atom. The van der Waals surface area contributed by atoms with E-state index >= 15 is 0 Å². The van der Waals surface area contributed by atoms with Gasteiger partial charge in [-0.25, -0.2) is 0 Å². The molecule has 0 aliphatic carbocycles. The molecular weight excluding hydrogens is 302 g/mol. The molecule has 3 aromatic rings. The van der Waals surface area contributed by atoms with Gasteiger partial charge in [-0.2, -0.15) is 0 Å². The van der Waals surface area contributed by atoms with E-state index in [-0.39, 0.29) is 12.3 Å². The Bertz CT molecular complexity index is 792. The number of anilines is 1. The number of ether oxygens (including phenoxy) is 1. The fourth-order valence-electron chi connectivity index (χ4n) is 2.21. The average molecular weight is 319 g/mol. The lowest BCUT2D eigenvalue weighted by Gasteiger charge is -2.09. The summed E-state index contributed by atoms with van der Waals surface area (Å²) in [7, 11) is 0. The number of nitrogens with one attached hydrogen (secondary N) is 1. The molecule has 0 fully saturated rings. The summed E-state index contributed by atoms with van der Waals surface area (Å²) in [5.74, 6) is 0.602. The van der Waals surface area contributed by atoms with Crippen molar-refractivity contribution < 1.29 is 9.53 Å². The molecule has 3 rings (SSSR count). The van der Waals surface area contributed by atoms with Crippen LogP contribution in [0.15, 0.2) is 73.3 Å². The van der Waals surface area contributed by atoms with Crippen molar-refractivity contribution >= 4 is 11.6 Å². The van der Waals surface area contributed by atoms with E-state index in [1.165, 1.54) is 0 Å². The molecule has 0 atom stereocenters. The molecule has 0 radical (unpaired) electrons. The quantitative estimate of drug-likeness (QED) is 0.757. The summed E-state index contributed by atoms with van der Waals surface area (Å²) < 4.78 is 5.73. The molecule has 1 N–H and O–H groups in total. The first kappa shape index (κ1) is 15.7. The van der Waals surface area contributed by atoms with E-state index < -0.39 is 0 Å². The van der Waals surface area contributed by atoms with Crippen molar-refractivity contribution in [3.05, 3.63) is 84.4 Å². The van der Waals surface area contributed by atoms with Crippen LogP contribution < -0.4 is 10.1 Å². The molecule has 0 spiro atoms. The summed E-state index contributed by atoms with van der Waals surface area (Å²) in [6.45, 7) is 0.431. The zero-order valence-electron chi connectivity index (χ0n) is 13.1. The number of aromatic nitrogens is 2. The maximum absolute atomic E-state index is 12.1. The normalized spacial score (nSPS) is 10.2. The van der Waals surface area contributed by atoms with E-state index in [9.17, 15) is 4.79 Å². The molecule has 2 heterocycles. The highest BCUT2D eigenvalue weighted by Crippen LogP contribution is 2.18. The standard InChI is InChI=1S/C19H17N3O2/c23-19(10-15-4-2-8-20-12-15)22-17-6-1-7-18(11-17)24-14-16-5-3-9-21-13-16/h1-9,11-13H,10,14H2,(H,22,23). The Morgan fingerprint density at radius 1 is 0.958 bits per heavy atom. The van der Waals surface area contributed by atoms with E-state index in [0.29, 0.717) is 18.0 Å². The molecule has 5 heteroatoms. The van der Waals surface area contributed by atoms with Crippen molar-refractivity contribution in [2.24, 2.45) is 0 Å². The average Bonchev–Trinajstić information content (AvgIpc) is 2.62. The second-order valence-corrected chi connectivity index (χ2v) is 5.26. The first-order chi connectivity index (χ1) is 11.8. The largest absolute Gasteiger partial charge is 0.489 e. The number of carbonyl (C=O) groups excluding carboxylic acids is 1. The van der Waals surface area contributed by atoms with Crippen molar-refractivity contribution in [1.82, 2.24) is 9.97 Å². The maximum Gasteiger partial charge on any atom is 0.228 e. The van der Waals surface area contributed by atoms with Gasteiger partial charge in [0.2, 0.25) is 5.91 Å². The molecule has 1 aromatic carbocycles. The molecule has 0 saturated carbocycles. The zero-order chi connectivity index (χ0) is 16.6. The molecule has 2 aromatic heterocycles. The number of amides is 1. The highest BCUT2D eigenvalue weighted by molar-refractivity contribution is 5.92. The minimum atomic E-state index is -0.0904. The Morgan fingerprint density at radius 3 is 2.42 bits per heavy atom. The van der Waals surface area contributed by atoms with Crippen LogP contribution in [0.4, 0.5) is 5.69 Å². The van der Waals surface area contributed by atoms with Crippen molar-refractivity contribution in [2.75, 3.05) is 5.32 Å². The number of pyridine rings is 2. The van der Waals surface area contributed by atoms with Crippen LogP contribution >= 0.6 is 0 Å². The van der Waals surface area contributed by atoms with Crippen molar-refractivity contribution in [1.29, 1.82) is 0 Å². The molecule has 24 heavy (non-hydrogen) atoms. The van der Waals surface area contributed by atoms with E-state index in [0.717, 1.165) is 11.1 Å². The van der Waals surface area contributed by atoms with Gasteiger partial charge in [0, 0.05) is 42.1 Å². The lowest BCUT2D eigenvalue weighted by Crippen LogP contribution is -2.14. The number of carbonyl (C=O) groups is 1. The van der Waals surface area contributed by atoms with Gasteiger partial charge in [0.15, 0.2) is 0 Å². The third-order valence-electron chi connectivity index (χ3n) is 3.33. The SMILES string of the molecule is O=C(Cc1cccnc1)Nc1cccc(OCc2cccnc2)c1. The molecule has 0 aliphatic rings. The summed E-state index contributed by atoms with van der Waals surface area (Å²) in [6, 6.07) is 14.8. The first-order valence-electron chi connectivity index (χ1n) is 7.60. The Kier molecular flexibility index (Phi) is 5.14. The third-order valence-corrected chi connectivity index (χ3v) is 3.33. The second-order valence-electron chi connectivity index (χ2n) is 5.26. The summed E-state index contributed by atoms with van der Waals surface area (Å²) >= 11 is 0. The predicted molar refractivity (Wildman–Crippen MR) is 91.6 cm³/mol. The van der Waals surface area contributed by atoms with E-state index in [2.05, 4.69) is 15.3 Å². The monoisotopic (exact) mass is 319 g/mol. The predicted octanol–water partition coefficient (Wildman–Crippen LogP) is 3.24. The summed E-state index contributed by atoms with van der Waals surface area (Å²) in [5.41, 5.74) is 2.56. The lowest BCUT2D eigenvalue weighted by molar-refractivity contribution is -0.115. The van der Waals surface area contributed by atoms with Crippen molar-refractivity contribution in [3.63, 3.8) is 0 Å². The van der Waals surface area contributed by atoms with Gasteiger partial charge >= 0.3 is 0 Å². The number of benzene rings is 1. The van der Waals surface area contributed by atoms with Gasteiger partial charge in [-0.05, 0) is 29.8 Å². The minimum absolute atomic E-state index is 0.0904. The smallest absolute Gasteiger partial charge is 0.228 e. The Balaban J connectivity index is 1.57. The number of hydrogen-bond donors (Lipinski definition) is 1. The van der Waals surface area contributed by atoms with Gasteiger partial charge in [0.1, 0.15) is 12.4 Å². The fraction of sp³-hybridized carbons (Fsp3) is 0.105. The molecular formula is C19H17N3O2. The molecule has 0 aliphatic heterocycles. The van der Waals surface area contributed by atoms with Gasteiger partial charge in [-0.1, -0.05) is 18.2 Å². The van der Waals surface area contributed by atoms with Crippen LogP contribution in [-0.4, -0.2) is 15.9 Å². The number of nitrogens with zero attached hydrogens (tertiary/aromatic N) is 2. The zero-order valence-corrected chi connectivity index (χ0v) is 13.1. The first-order valence-corrected chi connectivity index (χ1v) is 7.60. The minimum Gasteiger partial charge on any atom is -0.489 e. The van der Waals surface area contributed by atoms with Gasteiger partial charge < -0.3 is 10.1 Å². The van der Waals surface area contributed by atoms with Gasteiger partial charge in [0.25, 0.3) is 0 Å². The summed E-state index contributed by atoms with van der Waals surface area (Å²) in [5, 5.41) is 2.87. The molecule has 1 amide bonds. The van der Waals surface area contributed by atoms with Crippen LogP contribution in [0.3, 0.4) is 0 Å². The highest BCUT2D eigenvalue weighted by Gasteiger charge is 2.05. The van der Waals surface area contributed by atoms with Crippen LogP contribution in [0.1, 0.15) is 11.1 Å². The fourth-order valence-corrected chi connectivity index (χ4v) is 2.21. The Labute approximate surface area is 140 Å². The molecule has 0 saturated heterocycles. The van der Waals surface area contributed by atoms with Crippen LogP contribution in [0.25, 0.3) is 0 Å². The van der Waals surface area contributed by atoms with Crippen molar-refractivity contribution in [3.8, 4) is 5.75 Å². The van der Waals surface area contributed by atoms with Crippen LogP contribution in [-0.2, 0) is 17.8 Å². The third kappa shape index (κ3) is 4.64. The summed E-state index contributed by atoms with van der Waals surface area (Å²) in [4.78, 5) is 20.1. The molecule has 120 valence electrons. The van der Waals surface area contributed by atoms with E-state index in [4.69, 9.17) is 4.74 Å². The molecule has 0 unspecified atom stereocenters. The van der Waals surface area contributed by atoms with Gasteiger partial charge in [-0.15, -0.1) is 0 Å². The second kappa shape index (κ2) is 7.87. The molecule has 5 nitrogen and oxygen atoms in total. The van der Waals surface area contributed by atoms with Crippen molar-refractivity contribution in [2.45, 2.75) is 13.0 Å². The van der Waals surface area contributed by atoms with E-state index in [1.807, 2.05) is 42.5 Å². The molecule has 0 bridgehead atoms. The topological polar surface area (TPSA) is 64.1 Å². The van der Waals surface area contributed by atoms with E-state index in [1.54, 1.807) is 30.9 Å². The maximum atomic E-state index is 12.1. The highest BCUT2D eigenvalue weighted by atomic mass is 16.5. The number of hydrogen-bond acceptors (Lipinski definition) is 4. The van der Waals surface area contributed by atoms with Gasteiger partial charge in [-0.3, -0.25) is 14.8 Å². The Hall–Kier alpha value is -3.21. The van der Waals surface area contributed by atoms with Crippen LogP contribution in [0.5, 0.6) is 5.75 Å². The number of rotatable bonds is 6.